The summed E-state index contributed by atoms with van der Waals surface area (Å²) in [6, 6.07) is 12.7. The summed E-state index contributed by atoms with van der Waals surface area (Å²) in [5, 5.41) is 9.95. The lowest BCUT2D eigenvalue weighted by atomic mass is 10.1. The van der Waals surface area contributed by atoms with Crippen LogP contribution in [0.3, 0.4) is 0 Å². The lowest BCUT2D eigenvalue weighted by Gasteiger charge is -2.26. The predicted octanol–water partition coefficient (Wildman–Crippen LogP) is 2.84. The Morgan fingerprint density at radius 2 is 1.74 bits per heavy atom. The molecule has 1 aromatic heterocycles. The SMILES string of the molecule is O=C(c1c[nH]c2ccc(CN3CCOCC3)cc2c1=O)N(CCCS(=O)(=O)CCCO)Cc1ccc(Cl)cc1. The second kappa shape index (κ2) is 13.5. The fraction of sp³-hybridized carbons (Fsp3) is 0.429. The van der Waals surface area contributed by atoms with Crippen molar-refractivity contribution in [3.05, 3.63) is 80.6 Å². The van der Waals surface area contributed by atoms with Crippen LogP contribution in [0.25, 0.3) is 10.9 Å². The van der Waals surface area contributed by atoms with E-state index in [0.29, 0.717) is 35.7 Å². The van der Waals surface area contributed by atoms with Crippen molar-refractivity contribution < 1.29 is 23.1 Å². The van der Waals surface area contributed by atoms with Crippen molar-refractivity contribution in [1.29, 1.82) is 0 Å². The van der Waals surface area contributed by atoms with Crippen molar-refractivity contribution in [2.45, 2.75) is 25.9 Å². The van der Waals surface area contributed by atoms with Crippen LogP contribution in [0.4, 0.5) is 0 Å². The summed E-state index contributed by atoms with van der Waals surface area (Å²) in [5.74, 6) is -0.693. The summed E-state index contributed by atoms with van der Waals surface area (Å²) in [4.78, 5) is 34.1. The zero-order chi connectivity index (χ0) is 27.8. The third-order valence-corrected chi connectivity index (χ3v) is 8.83. The molecule has 39 heavy (non-hydrogen) atoms. The second-order valence-electron chi connectivity index (χ2n) is 9.74. The van der Waals surface area contributed by atoms with E-state index in [9.17, 15) is 18.0 Å². The van der Waals surface area contributed by atoms with Gasteiger partial charge in [-0.3, -0.25) is 14.5 Å². The zero-order valence-corrected chi connectivity index (χ0v) is 23.3. The predicted molar refractivity (Wildman–Crippen MR) is 152 cm³/mol. The summed E-state index contributed by atoms with van der Waals surface area (Å²) in [7, 11) is -3.36. The second-order valence-corrected chi connectivity index (χ2v) is 12.5. The standard InChI is InChI=1S/C28H34ClN3O6S/c29-23-6-3-21(4-7-23)20-32(9-1-15-39(36,37)16-2-12-33)28(35)25-18-30-26-8-5-22(17-24(26)27(25)34)19-31-10-13-38-14-11-31/h3-8,17-18,33H,1-2,9-16,19-20H2,(H,30,34). The van der Waals surface area contributed by atoms with Crippen molar-refractivity contribution >= 4 is 38.2 Å². The quantitative estimate of drug-likeness (QED) is 0.341. The summed E-state index contributed by atoms with van der Waals surface area (Å²) < 4.78 is 30.0. The van der Waals surface area contributed by atoms with Crippen LogP contribution in [0.1, 0.15) is 34.3 Å². The lowest BCUT2D eigenvalue weighted by Crippen LogP contribution is -2.36. The number of hydrogen-bond acceptors (Lipinski definition) is 7. The van der Waals surface area contributed by atoms with Crippen LogP contribution in [-0.4, -0.2) is 85.2 Å². The number of carbonyl (C=O) groups is 1. The number of rotatable bonds is 12. The smallest absolute Gasteiger partial charge is 0.259 e. The Morgan fingerprint density at radius 3 is 2.46 bits per heavy atom. The van der Waals surface area contributed by atoms with Crippen LogP contribution in [0.5, 0.6) is 0 Å². The Morgan fingerprint density at radius 1 is 1.05 bits per heavy atom. The summed E-state index contributed by atoms with van der Waals surface area (Å²) >= 11 is 6.01. The minimum absolute atomic E-state index is 0.00289. The van der Waals surface area contributed by atoms with Gasteiger partial charge in [-0.1, -0.05) is 29.8 Å². The summed E-state index contributed by atoms with van der Waals surface area (Å²) in [6.45, 7) is 3.84. The Bertz CT molecular complexity index is 1440. The number of amides is 1. The number of ether oxygens (including phenoxy) is 1. The van der Waals surface area contributed by atoms with Gasteiger partial charge in [0.05, 0.1) is 24.7 Å². The van der Waals surface area contributed by atoms with E-state index >= 15 is 0 Å². The van der Waals surface area contributed by atoms with Gasteiger partial charge in [0, 0.05) is 61.5 Å². The molecule has 4 rings (SSSR count). The number of sulfone groups is 1. The van der Waals surface area contributed by atoms with Gasteiger partial charge >= 0.3 is 0 Å². The summed E-state index contributed by atoms with van der Waals surface area (Å²) in [6.07, 6.45) is 1.82. The number of nitrogens with zero attached hydrogens (tertiary/aromatic N) is 2. The number of aromatic nitrogens is 1. The van der Waals surface area contributed by atoms with Gasteiger partial charge in [0.25, 0.3) is 5.91 Å². The number of aromatic amines is 1. The van der Waals surface area contributed by atoms with E-state index in [1.807, 2.05) is 18.2 Å². The fourth-order valence-corrected chi connectivity index (χ4v) is 6.10. The van der Waals surface area contributed by atoms with E-state index in [1.165, 1.54) is 11.1 Å². The molecule has 1 saturated heterocycles. The molecule has 1 aliphatic heterocycles. The molecule has 0 bridgehead atoms. The number of fused-ring (bicyclic) bond motifs is 1. The highest BCUT2D eigenvalue weighted by Gasteiger charge is 2.22. The first-order chi connectivity index (χ1) is 18.8. The number of pyridine rings is 1. The number of H-pyrrole nitrogens is 1. The molecule has 1 aliphatic rings. The Kier molecular flexibility index (Phi) is 10.1. The van der Waals surface area contributed by atoms with Crippen molar-refractivity contribution in [2.75, 3.05) is 51.0 Å². The molecule has 210 valence electrons. The van der Waals surface area contributed by atoms with E-state index in [2.05, 4.69) is 9.88 Å². The highest BCUT2D eigenvalue weighted by molar-refractivity contribution is 7.91. The van der Waals surface area contributed by atoms with Gasteiger partial charge in [-0.2, -0.15) is 0 Å². The van der Waals surface area contributed by atoms with E-state index in [-0.39, 0.29) is 55.0 Å². The number of benzene rings is 2. The molecule has 0 saturated carbocycles. The molecule has 0 aliphatic carbocycles. The average molecular weight is 576 g/mol. The van der Waals surface area contributed by atoms with Crippen molar-refractivity contribution in [1.82, 2.24) is 14.8 Å². The number of aliphatic hydroxyl groups is 1. The maximum absolute atomic E-state index is 13.7. The first-order valence-corrected chi connectivity index (χ1v) is 15.2. The molecule has 2 heterocycles. The third-order valence-electron chi connectivity index (χ3n) is 6.76. The zero-order valence-electron chi connectivity index (χ0n) is 21.8. The van der Waals surface area contributed by atoms with E-state index in [1.54, 1.807) is 24.3 Å². The number of hydrogen-bond donors (Lipinski definition) is 2. The van der Waals surface area contributed by atoms with Gasteiger partial charge in [0.1, 0.15) is 15.4 Å². The fourth-order valence-electron chi connectivity index (χ4n) is 4.64. The first-order valence-electron chi connectivity index (χ1n) is 13.1. The Labute approximate surface area is 233 Å². The van der Waals surface area contributed by atoms with Crippen LogP contribution in [-0.2, 0) is 27.7 Å². The molecule has 9 nitrogen and oxygen atoms in total. The molecule has 2 aromatic carbocycles. The van der Waals surface area contributed by atoms with Gasteiger partial charge in [-0.15, -0.1) is 0 Å². The largest absolute Gasteiger partial charge is 0.396 e. The number of nitrogens with one attached hydrogen (secondary N) is 1. The minimum atomic E-state index is -3.36. The molecule has 0 unspecified atom stereocenters. The van der Waals surface area contributed by atoms with Crippen molar-refractivity contribution in [2.24, 2.45) is 0 Å². The monoisotopic (exact) mass is 575 g/mol. The molecule has 0 spiro atoms. The molecule has 0 radical (unpaired) electrons. The normalized spacial score (nSPS) is 14.5. The molecule has 1 amide bonds. The third kappa shape index (κ3) is 8.12. The highest BCUT2D eigenvalue weighted by atomic mass is 35.5. The van der Waals surface area contributed by atoms with Crippen LogP contribution < -0.4 is 5.43 Å². The number of aliphatic hydroxyl groups excluding tert-OH is 1. The molecular formula is C28H34ClN3O6S. The number of morpholine rings is 1. The Hall–Kier alpha value is -2.76. The minimum Gasteiger partial charge on any atom is -0.396 e. The maximum atomic E-state index is 13.7. The maximum Gasteiger partial charge on any atom is 0.259 e. The van der Waals surface area contributed by atoms with E-state index in [0.717, 1.165) is 24.2 Å². The topological polar surface area (TPSA) is 120 Å². The molecule has 2 N–H and O–H groups in total. The van der Waals surface area contributed by atoms with Crippen LogP contribution in [0.2, 0.25) is 5.02 Å². The van der Waals surface area contributed by atoms with Gasteiger partial charge in [-0.05, 0) is 48.2 Å². The average Bonchev–Trinajstić information content (AvgIpc) is 2.93. The van der Waals surface area contributed by atoms with Gasteiger partial charge in [0.2, 0.25) is 5.43 Å². The van der Waals surface area contributed by atoms with Gasteiger partial charge in [-0.25, -0.2) is 8.42 Å². The first kappa shape index (κ1) is 29.2. The van der Waals surface area contributed by atoms with Gasteiger partial charge < -0.3 is 19.7 Å². The molecular weight excluding hydrogens is 542 g/mol. The highest BCUT2D eigenvalue weighted by Crippen LogP contribution is 2.17. The van der Waals surface area contributed by atoms with E-state index in [4.69, 9.17) is 21.4 Å². The van der Waals surface area contributed by atoms with Crippen molar-refractivity contribution in [3.63, 3.8) is 0 Å². The number of halogens is 1. The Balaban J connectivity index is 1.57. The van der Waals surface area contributed by atoms with Crippen molar-refractivity contribution in [3.8, 4) is 0 Å². The van der Waals surface area contributed by atoms with Crippen LogP contribution in [0, 0.1) is 0 Å². The van der Waals surface area contributed by atoms with Crippen LogP contribution >= 0.6 is 11.6 Å². The lowest BCUT2D eigenvalue weighted by molar-refractivity contribution is 0.0342. The van der Waals surface area contributed by atoms with Crippen LogP contribution in [0.15, 0.2) is 53.5 Å². The number of carbonyl (C=O) groups excluding carboxylic acids is 1. The molecule has 1 fully saturated rings. The summed E-state index contributed by atoms with van der Waals surface area (Å²) in [5.41, 5.74) is 2.06. The van der Waals surface area contributed by atoms with E-state index < -0.39 is 15.7 Å². The van der Waals surface area contributed by atoms with Gasteiger partial charge in [0.15, 0.2) is 0 Å². The molecule has 3 aromatic rings. The molecule has 0 atom stereocenters. The molecule has 11 heteroatoms.